The first-order chi connectivity index (χ1) is 17.5. The van der Waals surface area contributed by atoms with Crippen molar-refractivity contribution in [3.63, 3.8) is 0 Å². The van der Waals surface area contributed by atoms with E-state index in [1.807, 2.05) is 24.3 Å². The summed E-state index contributed by atoms with van der Waals surface area (Å²) in [6.07, 6.45) is 0. The van der Waals surface area contributed by atoms with Gasteiger partial charge in [0.05, 0.1) is 24.7 Å². The number of hydrogen-bond donors (Lipinski definition) is 1. The van der Waals surface area contributed by atoms with Crippen LogP contribution in [-0.2, 0) is 10.0 Å². The Labute approximate surface area is 207 Å². The van der Waals surface area contributed by atoms with Gasteiger partial charge in [0.25, 0.3) is 0 Å². The molecule has 0 radical (unpaired) electrons. The number of ether oxygens (including phenoxy) is 3. The molecule has 0 saturated heterocycles. The molecule has 1 N–H and O–H groups in total. The molecule has 2 heterocycles. The second-order valence-corrected chi connectivity index (χ2v) is 9.55. The molecule has 184 valence electrons. The van der Waals surface area contributed by atoms with E-state index in [9.17, 15) is 8.42 Å². The maximum atomic E-state index is 12.7. The first-order valence-electron chi connectivity index (χ1n) is 11.0. The number of aromatic nitrogens is 4. The lowest BCUT2D eigenvalue weighted by molar-refractivity contribution is 0.306. The third-order valence-corrected chi connectivity index (χ3v) is 7.02. The van der Waals surface area contributed by atoms with Gasteiger partial charge in [0.1, 0.15) is 18.1 Å². The predicted octanol–water partition coefficient (Wildman–Crippen LogP) is 3.32. The summed E-state index contributed by atoms with van der Waals surface area (Å²) in [7, 11) is -0.550. The molecule has 0 aliphatic carbocycles. The molecule has 0 aliphatic rings. The summed E-state index contributed by atoms with van der Waals surface area (Å²) in [6, 6.07) is 21.3. The van der Waals surface area contributed by atoms with E-state index in [2.05, 4.69) is 20.0 Å². The van der Waals surface area contributed by atoms with Gasteiger partial charge in [0, 0.05) is 12.6 Å². The molecule has 0 atom stereocenters. The Bertz CT molecular complexity index is 1650. The number of hydrogen-bond acceptors (Lipinski definition) is 8. The third-order valence-electron chi connectivity index (χ3n) is 5.56. The highest BCUT2D eigenvalue weighted by Gasteiger charge is 2.17. The van der Waals surface area contributed by atoms with Gasteiger partial charge < -0.3 is 14.2 Å². The van der Waals surface area contributed by atoms with Crippen LogP contribution in [-0.4, -0.2) is 55.6 Å². The number of sulfonamides is 1. The molecular formula is C25H23N5O5S. The van der Waals surface area contributed by atoms with E-state index in [-0.39, 0.29) is 23.9 Å². The molecule has 0 unspecified atom stereocenters. The van der Waals surface area contributed by atoms with Crippen LogP contribution in [0.2, 0.25) is 0 Å². The monoisotopic (exact) mass is 505 g/mol. The van der Waals surface area contributed by atoms with E-state index >= 15 is 0 Å². The van der Waals surface area contributed by atoms with Crippen LogP contribution in [0.3, 0.4) is 0 Å². The molecule has 10 nitrogen and oxygen atoms in total. The third kappa shape index (κ3) is 4.66. The van der Waals surface area contributed by atoms with E-state index in [0.717, 1.165) is 10.8 Å². The van der Waals surface area contributed by atoms with E-state index < -0.39 is 10.0 Å². The zero-order valence-electron chi connectivity index (χ0n) is 19.6. The standard InChI is InChI=1S/C25H23N5O5S/c1-33-19-8-10-22(34-2)21(16-19)25-28-27-23-11-12-24(29-30(23)25)35-14-13-26-36(31,32)20-9-7-17-5-3-4-6-18(17)15-20/h3-12,15-16,26H,13-14H2,1-2H3. The van der Waals surface area contributed by atoms with Crippen LogP contribution in [0.25, 0.3) is 27.8 Å². The minimum atomic E-state index is -3.69. The second kappa shape index (κ2) is 9.80. The quantitative estimate of drug-likeness (QED) is 0.303. The number of rotatable bonds is 9. The van der Waals surface area contributed by atoms with Crippen molar-refractivity contribution in [3.05, 3.63) is 72.8 Å². The topological polar surface area (TPSA) is 117 Å². The highest BCUT2D eigenvalue weighted by Crippen LogP contribution is 2.32. The molecule has 0 saturated carbocycles. The van der Waals surface area contributed by atoms with Crippen molar-refractivity contribution in [3.8, 4) is 28.8 Å². The Kier molecular flexibility index (Phi) is 6.40. The van der Waals surface area contributed by atoms with Crippen molar-refractivity contribution >= 4 is 26.4 Å². The number of benzene rings is 3. The van der Waals surface area contributed by atoms with E-state index in [4.69, 9.17) is 14.2 Å². The van der Waals surface area contributed by atoms with Gasteiger partial charge in [0.2, 0.25) is 15.9 Å². The zero-order valence-corrected chi connectivity index (χ0v) is 20.4. The van der Waals surface area contributed by atoms with E-state index in [1.165, 1.54) is 4.52 Å². The molecule has 5 rings (SSSR count). The van der Waals surface area contributed by atoms with Crippen molar-refractivity contribution in [2.45, 2.75) is 4.90 Å². The number of nitrogens with one attached hydrogen (secondary N) is 1. The van der Waals surface area contributed by atoms with Gasteiger partial charge in [-0.3, -0.25) is 0 Å². The second-order valence-electron chi connectivity index (χ2n) is 7.79. The summed E-state index contributed by atoms with van der Waals surface area (Å²) in [5.74, 6) is 1.95. The number of methoxy groups -OCH3 is 2. The van der Waals surface area contributed by atoms with E-state index in [1.54, 1.807) is 62.8 Å². The summed E-state index contributed by atoms with van der Waals surface area (Å²) in [4.78, 5) is 0.196. The zero-order chi connectivity index (χ0) is 25.1. The Hall–Kier alpha value is -4.22. The maximum absolute atomic E-state index is 12.7. The molecule has 2 aromatic heterocycles. The summed E-state index contributed by atoms with van der Waals surface area (Å²) >= 11 is 0. The molecule has 36 heavy (non-hydrogen) atoms. The van der Waals surface area contributed by atoms with Crippen LogP contribution in [0.1, 0.15) is 0 Å². The van der Waals surface area contributed by atoms with E-state index in [0.29, 0.717) is 28.5 Å². The predicted molar refractivity (Wildman–Crippen MR) is 134 cm³/mol. The highest BCUT2D eigenvalue weighted by atomic mass is 32.2. The molecule has 0 amide bonds. The van der Waals surface area contributed by atoms with Gasteiger partial charge >= 0.3 is 0 Å². The van der Waals surface area contributed by atoms with Crippen LogP contribution >= 0.6 is 0 Å². The van der Waals surface area contributed by atoms with Gasteiger partial charge in [-0.05, 0) is 47.2 Å². The van der Waals surface area contributed by atoms with Gasteiger partial charge in [-0.25, -0.2) is 13.1 Å². The fourth-order valence-corrected chi connectivity index (χ4v) is 4.80. The van der Waals surface area contributed by atoms with Gasteiger partial charge in [0.15, 0.2) is 11.5 Å². The Morgan fingerprint density at radius 1 is 0.889 bits per heavy atom. The van der Waals surface area contributed by atoms with Crippen LogP contribution in [0.15, 0.2) is 77.7 Å². The summed E-state index contributed by atoms with van der Waals surface area (Å²) in [5.41, 5.74) is 1.16. The van der Waals surface area contributed by atoms with Crippen LogP contribution in [0, 0.1) is 0 Å². The molecule has 3 aromatic carbocycles. The number of fused-ring (bicyclic) bond motifs is 2. The lowest BCUT2D eigenvalue weighted by Crippen LogP contribution is -2.28. The largest absolute Gasteiger partial charge is 0.497 e. The Morgan fingerprint density at radius 3 is 2.53 bits per heavy atom. The smallest absolute Gasteiger partial charge is 0.240 e. The molecule has 0 aliphatic heterocycles. The molecule has 0 bridgehead atoms. The number of nitrogens with zero attached hydrogens (tertiary/aromatic N) is 4. The molecule has 11 heteroatoms. The molecule has 0 spiro atoms. The normalized spacial score (nSPS) is 11.6. The summed E-state index contributed by atoms with van der Waals surface area (Å²) < 4.78 is 46.0. The first-order valence-corrected chi connectivity index (χ1v) is 12.5. The molecular weight excluding hydrogens is 482 g/mol. The average Bonchev–Trinajstić information content (AvgIpc) is 3.33. The Morgan fingerprint density at radius 2 is 1.72 bits per heavy atom. The lowest BCUT2D eigenvalue weighted by atomic mass is 10.1. The van der Waals surface area contributed by atoms with Gasteiger partial charge in [-0.2, -0.15) is 4.52 Å². The molecule has 0 fully saturated rings. The minimum Gasteiger partial charge on any atom is -0.497 e. The van der Waals surface area contributed by atoms with Crippen molar-refractivity contribution < 1.29 is 22.6 Å². The summed E-state index contributed by atoms with van der Waals surface area (Å²) in [5, 5.41) is 14.7. The van der Waals surface area contributed by atoms with Crippen LogP contribution < -0.4 is 18.9 Å². The van der Waals surface area contributed by atoms with Crippen molar-refractivity contribution in [2.24, 2.45) is 0 Å². The summed E-state index contributed by atoms with van der Waals surface area (Å²) in [6.45, 7) is 0.138. The van der Waals surface area contributed by atoms with Crippen LogP contribution in [0.5, 0.6) is 17.4 Å². The highest BCUT2D eigenvalue weighted by molar-refractivity contribution is 7.89. The fraction of sp³-hybridized carbons (Fsp3) is 0.160. The van der Waals surface area contributed by atoms with Crippen molar-refractivity contribution in [1.82, 2.24) is 24.5 Å². The lowest BCUT2D eigenvalue weighted by Gasteiger charge is -2.10. The van der Waals surface area contributed by atoms with Crippen molar-refractivity contribution in [1.29, 1.82) is 0 Å². The van der Waals surface area contributed by atoms with Crippen molar-refractivity contribution in [2.75, 3.05) is 27.4 Å². The maximum Gasteiger partial charge on any atom is 0.240 e. The first kappa shape index (κ1) is 23.5. The average molecular weight is 506 g/mol. The Balaban J connectivity index is 1.30. The van der Waals surface area contributed by atoms with Gasteiger partial charge in [-0.1, -0.05) is 30.3 Å². The van der Waals surface area contributed by atoms with Gasteiger partial charge in [-0.15, -0.1) is 15.3 Å². The van der Waals surface area contributed by atoms with Crippen LogP contribution in [0.4, 0.5) is 0 Å². The SMILES string of the molecule is COc1ccc(OC)c(-c2nnc3ccc(OCCNS(=O)(=O)c4ccc5ccccc5c4)nn23)c1. The fourth-order valence-electron chi connectivity index (χ4n) is 3.76. The molecule has 5 aromatic rings. The minimum absolute atomic E-state index is 0.0631.